The lowest BCUT2D eigenvalue weighted by molar-refractivity contribution is -0.125. The summed E-state index contributed by atoms with van der Waals surface area (Å²) >= 11 is 0. The van der Waals surface area contributed by atoms with Crippen molar-refractivity contribution < 1.29 is 9.21 Å². The zero-order valence-corrected chi connectivity index (χ0v) is 9.53. The highest BCUT2D eigenvalue weighted by Crippen LogP contribution is 2.15. The second-order valence-corrected chi connectivity index (χ2v) is 4.40. The monoisotopic (exact) mass is 222 g/mol. The molecule has 1 aromatic rings. The van der Waals surface area contributed by atoms with Crippen LogP contribution in [0.15, 0.2) is 23.0 Å². The molecule has 2 atom stereocenters. The van der Waals surface area contributed by atoms with Crippen LogP contribution < -0.4 is 10.6 Å². The molecule has 88 valence electrons. The fourth-order valence-corrected chi connectivity index (χ4v) is 2.09. The van der Waals surface area contributed by atoms with Gasteiger partial charge >= 0.3 is 0 Å². The number of rotatable bonds is 3. The molecule has 1 aliphatic heterocycles. The standard InChI is InChI=1S/C12H18N2O2/c1-9-3-2-5-13-11(9)12(15)14-7-10-4-6-16-8-10/h4,6,8-9,11,13H,2-3,5,7H2,1H3,(H,14,15). The number of piperidine rings is 1. The Hall–Kier alpha value is -1.29. The molecular weight excluding hydrogens is 204 g/mol. The van der Waals surface area contributed by atoms with Gasteiger partial charge in [0, 0.05) is 12.1 Å². The molecule has 1 aliphatic rings. The van der Waals surface area contributed by atoms with Gasteiger partial charge in [-0.1, -0.05) is 6.92 Å². The fourth-order valence-electron chi connectivity index (χ4n) is 2.09. The maximum Gasteiger partial charge on any atom is 0.237 e. The largest absolute Gasteiger partial charge is 0.472 e. The molecular formula is C12H18N2O2. The molecule has 1 amide bonds. The molecule has 2 N–H and O–H groups in total. The zero-order valence-electron chi connectivity index (χ0n) is 9.53. The van der Waals surface area contributed by atoms with Crippen LogP contribution in [-0.4, -0.2) is 18.5 Å². The smallest absolute Gasteiger partial charge is 0.237 e. The lowest BCUT2D eigenvalue weighted by Crippen LogP contribution is -2.50. The van der Waals surface area contributed by atoms with Gasteiger partial charge in [-0.15, -0.1) is 0 Å². The first-order valence-corrected chi connectivity index (χ1v) is 5.79. The number of amides is 1. The Bertz CT molecular complexity index is 335. The predicted molar refractivity (Wildman–Crippen MR) is 60.7 cm³/mol. The molecule has 0 aliphatic carbocycles. The van der Waals surface area contributed by atoms with Crippen LogP contribution in [0, 0.1) is 5.92 Å². The normalized spacial score (nSPS) is 25.3. The molecule has 2 rings (SSSR count). The van der Waals surface area contributed by atoms with Crippen molar-refractivity contribution in [3.63, 3.8) is 0 Å². The van der Waals surface area contributed by atoms with E-state index in [1.807, 2.05) is 6.07 Å². The average molecular weight is 222 g/mol. The van der Waals surface area contributed by atoms with Gasteiger partial charge in [0.1, 0.15) is 0 Å². The summed E-state index contributed by atoms with van der Waals surface area (Å²) in [6.45, 7) is 3.60. The van der Waals surface area contributed by atoms with Gasteiger partial charge < -0.3 is 15.1 Å². The highest BCUT2D eigenvalue weighted by molar-refractivity contribution is 5.82. The van der Waals surface area contributed by atoms with Crippen LogP contribution in [0.25, 0.3) is 0 Å². The molecule has 0 aromatic carbocycles. The van der Waals surface area contributed by atoms with Crippen molar-refractivity contribution in [2.24, 2.45) is 5.92 Å². The summed E-state index contributed by atoms with van der Waals surface area (Å²) in [5.41, 5.74) is 0.997. The van der Waals surface area contributed by atoms with Crippen molar-refractivity contribution >= 4 is 5.91 Å². The van der Waals surface area contributed by atoms with E-state index < -0.39 is 0 Å². The second-order valence-electron chi connectivity index (χ2n) is 4.40. The SMILES string of the molecule is CC1CCCNC1C(=O)NCc1ccoc1. The first-order valence-electron chi connectivity index (χ1n) is 5.79. The fraction of sp³-hybridized carbons (Fsp3) is 0.583. The minimum atomic E-state index is -0.0411. The molecule has 16 heavy (non-hydrogen) atoms. The number of carbonyl (C=O) groups is 1. The van der Waals surface area contributed by atoms with E-state index >= 15 is 0 Å². The summed E-state index contributed by atoms with van der Waals surface area (Å²) in [5.74, 6) is 0.506. The highest BCUT2D eigenvalue weighted by Gasteiger charge is 2.26. The van der Waals surface area contributed by atoms with Crippen LogP contribution in [0.1, 0.15) is 25.3 Å². The van der Waals surface area contributed by atoms with Gasteiger partial charge in [-0.3, -0.25) is 4.79 Å². The minimum Gasteiger partial charge on any atom is -0.472 e. The summed E-state index contributed by atoms with van der Waals surface area (Å²) in [4.78, 5) is 11.9. The Kier molecular flexibility index (Phi) is 3.62. The van der Waals surface area contributed by atoms with Gasteiger partial charge in [-0.25, -0.2) is 0 Å². The predicted octanol–water partition coefficient (Wildman–Crippen LogP) is 1.28. The van der Waals surface area contributed by atoms with Crippen LogP contribution in [0.4, 0.5) is 0 Å². The van der Waals surface area contributed by atoms with E-state index in [4.69, 9.17) is 4.42 Å². The number of carbonyl (C=O) groups excluding carboxylic acids is 1. The first-order chi connectivity index (χ1) is 7.77. The van der Waals surface area contributed by atoms with Crippen LogP contribution in [0.2, 0.25) is 0 Å². The summed E-state index contributed by atoms with van der Waals surface area (Å²) < 4.78 is 4.95. The lowest BCUT2D eigenvalue weighted by atomic mass is 9.92. The van der Waals surface area contributed by atoms with Crippen LogP contribution in [-0.2, 0) is 11.3 Å². The minimum absolute atomic E-state index is 0.0411. The van der Waals surface area contributed by atoms with Crippen LogP contribution >= 0.6 is 0 Å². The molecule has 4 heteroatoms. The first kappa shape index (κ1) is 11.2. The lowest BCUT2D eigenvalue weighted by Gasteiger charge is -2.28. The third-order valence-corrected chi connectivity index (χ3v) is 3.10. The average Bonchev–Trinajstić information content (AvgIpc) is 2.79. The maximum atomic E-state index is 11.9. The summed E-state index contributed by atoms with van der Waals surface area (Å²) in [5, 5.41) is 6.19. The molecule has 0 radical (unpaired) electrons. The second kappa shape index (κ2) is 5.16. The Balaban J connectivity index is 1.83. The third-order valence-electron chi connectivity index (χ3n) is 3.10. The van der Waals surface area contributed by atoms with E-state index in [1.54, 1.807) is 12.5 Å². The van der Waals surface area contributed by atoms with Gasteiger partial charge in [0.05, 0.1) is 18.6 Å². The molecule has 1 fully saturated rings. The van der Waals surface area contributed by atoms with Crippen LogP contribution in [0.5, 0.6) is 0 Å². The van der Waals surface area contributed by atoms with Crippen molar-refractivity contribution in [3.05, 3.63) is 24.2 Å². The summed E-state index contributed by atoms with van der Waals surface area (Å²) in [7, 11) is 0. The Morgan fingerprint density at radius 2 is 2.56 bits per heavy atom. The van der Waals surface area contributed by atoms with E-state index in [-0.39, 0.29) is 11.9 Å². The van der Waals surface area contributed by atoms with E-state index in [1.165, 1.54) is 0 Å². The Morgan fingerprint density at radius 1 is 1.69 bits per heavy atom. The van der Waals surface area contributed by atoms with E-state index in [0.717, 1.165) is 24.9 Å². The quantitative estimate of drug-likeness (QED) is 0.810. The van der Waals surface area contributed by atoms with E-state index in [0.29, 0.717) is 12.5 Å². The number of hydrogen-bond donors (Lipinski definition) is 2. The molecule has 1 saturated heterocycles. The molecule has 2 unspecified atom stereocenters. The van der Waals surface area contributed by atoms with Crippen molar-refractivity contribution in [2.75, 3.05) is 6.54 Å². The number of nitrogens with one attached hydrogen (secondary N) is 2. The molecule has 0 spiro atoms. The molecule has 0 bridgehead atoms. The van der Waals surface area contributed by atoms with Crippen molar-refractivity contribution in [1.29, 1.82) is 0 Å². The highest BCUT2D eigenvalue weighted by atomic mass is 16.3. The number of hydrogen-bond acceptors (Lipinski definition) is 3. The van der Waals surface area contributed by atoms with Gasteiger partial charge in [-0.05, 0) is 31.4 Å². The summed E-state index contributed by atoms with van der Waals surface area (Å²) in [6.07, 6.45) is 5.55. The molecule has 2 heterocycles. The third kappa shape index (κ3) is 2.64. The van der Waals surface area contributed by atoms with Crippen molar-refractivity contribution in [2.45, 2.75) is 32.4 Å². The Labute approximate surface area is 95.4 Å². The molecule has 1 aromatic heterocycles. The van der Waals surface area contributed by atoms with Gasteiger partial charge in [0.25, 0.3) is 0 Å². The molecule has 4 nitrogen and oxygen atoms in total. The van der Waals surface area contributed by atoms with Gasteiger partial charge in [-0.2, -0.15) is 0 Å². The van der Waals surface area contributed by atoms with Gasteiger partial charge in [0.2, 0.25) is 5.91 Å². The van der Waals surface area contributed by atoms with E-state index in [9.17, 15) is 4.79 Å². The number of furan rings is 1. The van der Waals surface area contributed by atoms with Crippen molar-refractivity contribution in [1.82, 2.24) is 10.6 Å². The Morgan fingerprint density at radius 3 is 3.25 bits per heavy atom. The topological polar surface area (TPSA) is 54.3 Å². The van der Waals surface area contributed by atoms with E-state index in [2.05, 4.69) is 17.6 Å². The zero-order chi connectivity index (χ0) is 11.4. The van der Waals surface area contributed by atoms with Gasteiger partial charge in [0.15, 0.2) is 0 Å². The maximum absolute atomic E-state index is 11.9. The molecule has 0 saturated carbocycles. The summed E-state index contributed by atoms with van der Waals surface area (Å²) in [6, 6.07) is 1.82. The van der Waals surface area contributed by atoms with Crippen LogP contribution in [0.3, 0.4) is 0 Å². The van der Waals surface area contributed by atoms with Crippen molar-refractivity contribution in [3.8, 4) is 0 Å².